The Morgan fingerprint density at radius 2 is 2.08 bits per heavy atom. The third-order valence-corrected chi connectivity index (χ3v) is 2.44. The Balaban J connectivity index is 2.63. The average molecular weight is 174 g/mol. The zero-order valence-corrected chi connectivity index (χ0v) is 8.28. The highest BCUT2D eigenvalue weighted by Crippen LogP contribution is 2.20. The minimum absolute atomic E-state index is 0.588. The molecule has 1 aromatic carbocycles. The second-order valence-corrected chi connectivity index (χ2v) is 3.74. The van der Waals surface area contributed by atoms with Gasteiger partial charge in [0.25, 0.3) is 0 Å². The predicted octanol–water partition coefficient (Wildman–Crippen LogP) is 2.70. The summed E-state index contributed by atoms with van der Waals surface area (Å²) in [5, 5.41) is 5.44. The Kier molecular flexibility index (Phi) is 1.83. The first kappa shape index (κ1) is 8.30. The molecule has 0 bridgehead atoms. The summed E-state index contributed by atoms with van der Waals surface area (Å²) in [4.78, 5) is 0. The maximum atomic E-state index is 4.21. The summed E-state index contributed by atoms with van der Waals surface area (Å²) >= 11 is 0. The van der Waals surface area contributed by atoms with E-state index in [1.165, 1.54) is 16.5 Å². The quantitative estimate of drug-likeness (QED) is 0.650. The van der Waals surface area contributed by atoms with Gasteiger partial charge in [-0.2, -0.15) is 5.10 Å². The van der Waals surface area contributed by atoms with Crippen molar-refractivity contribution in [2.45, 2.75) is 19.8 Å². The molecule has 13 heavy (non-hydrogen) atoms. The number of rotatable bonds is 1. The van der Waals surface area contributed by atoms with Crippen LogP contribution >= 0.6 is 0 Å². The van der Waals surface area contributed by atoms with Gasteiger partial charge in [-0.3, -0.25) is 4.68 Å². The summed E-state index contributed by atoms with van der Waals surface area (Å²) in [5.41, 5.74) is 2.57. The lowest BCUT2D eigenvalue weighted by Gasteiger charge is -2.04. The van der Waals surface area contributed by atoms with Gasteiger partial charge in [0.05, 0.1) is 11.7 Å². The van der Waals surface area contributed by atoms with Crippen molar-refractivity contribution in [3.63, 3.8) is 0 Å². The highest BCUT2D eigenvalue weighted by Gasteiger charge is 2.02. The van der Waals surface area contributed by atoms with Crippen LogP contribution in [0.4, 0.5) is 0 Å². The van der Waals surface area contributed by atoms with E-state index in [-0.39, 0.29) is 0 Å². The first-order valence-corrected chi connectivity index (χ1v) is 4.60. The smallest absolute Gasteiger partial charge is 0.0679 e. The molecule has 2 nitrogen and oxygen atoms in total. The van der Waals surface area contributed by atoms with Crippen molar-refractivity contribution in [1.29, 1.82) is 0 Å². The third-order valence-electron chi connectivity index (χ3n) is 2.44. The Hall–Kier alpha value is -1.31. The highest BCUT2D eigenvalue weighted by molar-refractivity contribution is 5.79. The lowest BCUT2D eigenvalue weighted by atomic mass is 10.0. The molecule has 0 saturated heterocycles. The van der Waals surface area contributed by atoms with Crippen LogP contribution in [-0.2, 0) is 7.05 Å². The fourth-order valence-electron chi connectivity index (χ4n) is 1.54. The van der Waals surface area contributed by atoms with E-state index in [1.54, 1.807) is 0 Å². The third kappa shape index (κ3) is 1.32. The monoisotopic (exact) mass is 174 g/mol. The van der Waals surface area contributed by atoms with E-state index in [9.17, 15) is 0 Å². The Morgan fingerprint density at radius 3 is 2.77 bits per heavy atom. The van der Waals surface area contributed by atoms with Gasteiger partial charge in [0.15, 0.2) is 0 Å². The van der Waals surface area contributed by atoms with Crippen LogP contribution in [0.25, 0.3) is 10.9 Å². The first-order valence-electron chi connectivity index (χ1n) is 4.60. The average Bonchev–Trinajstić information content (AvgIpc) is 2.47. The van der Waals surface area contributed by atoms with Crippen molar-refractivity contribution in [3.05, 3.63) is 30.0 Å². The van der Waals surface area contributed by atoms with Gasteiger partial charge in [-0.05, 0) is 23.6 Å². The van der Waals surface area contributed by atoms with E-state index in [4.69, 9.17) is 0 Å². The van der Waals surface area contributed by atoms with Crippen LogP contribution in [0.3, 0.4) is 0 Å². The fourth-order valence-corrected chi connectivity index (χ4v) is 1.54. The molecule has 2 rings (SSSR count). The zero-order valence-electron chi connectivity index (χ0n) is 8.28. The van der Waals surface area contributed by atoms with Gasteiger partial charge in [-0.25, -0.2) is 0 Å². The van der Waals surface area contributed by atoms with Crippen LogP contribution in [0.2, 0.25) is 0 Å². The second-order valence-electron chi connectivity index (χ2n) is 3.74. The molecule has 0 aliphatic heterocycles. The normalized spacial score (nSPS) is 11.4. The molecule has 2 heteroatoms. The number of nitrogens with zero attached hydrogens (tertiary/aromatic N) is 2. The second kappa shape index (κ2) is 2.87. The van der Waals surface area contributed by atoms with Gasteiger partial charge < -0.3 is 0 Å². The summed E-state index contributed by atoms with van der Waals surface area (Å²) in [6.07, 6.45) is 1.92. The van der Waals surface area contributed by atoms with Crippen molar-refractivity contribution in [3.8, 4) is 0 Å². The minimum Gasteiger partial charge on any atom is -0.268 e. The SMILES string of the molecule is CC(C)c1ccc2c(cnn2C)c1. The molecule has 0 spiro atoms. The van der Waals surface area contributed by atoms with Gasteiger partial charge in [-0.1, -0.05) is 19.9 Å². The maximum absolute atomic E-state index is 4.21. The molecule has 0 unspecified atom stereocenters. The molecule has 2 aromatic rings. The van der Waals surface area contributed by atoms with E-state index >= 15 is 0 Å². The molecule has 0 saturated carbocycles. The standard InChI is InChI=1S/C11H14N2/c1-8(2)9-4-5-11-10(6-9)7-12-13(11)3/h4-8H,1-3H3. The Bertz CT molecular complexity index is 427. The van der Waals surface area contributed by atoms with Crippen molar-refractivity contribution in [2.24, 2.45) is 7.05 Å². The lowest BCUT2D eigenvalue weighted by Crippen LogP contribution is -1.90. The Labute approximate surface area is 78.2 Å². The summed E-state index contributed by atoms with van der Waals surface area (Å²) < 4.78 is 1.90. The summed E-state index contributed by atoms with van der Waals surface area (Å²) in [6.45, 7) is 4.41. The van der Waals surface area contributed by atoms with E-state index in [0.29, 0.717) is 5.92 Å². The molecule has 0 atom stereocenters. The van der Waals surface area contributed by atoms with Crippen LogP contribution < -0.4 is 0 Å². The van der Waals surface area contributed by atoms with E-state index < -0.39 is 0 Å². The van der Waals surface area contributed by atoms with Crippen LogP contribution in [0.1, 0.15) is 25.3 Å². The lowest BCUT2D eigenvalue weighted by molar-refractivity contribution is 0.796. The fraction of sp³-hybridized carbons (Fsp3) is 0.364. The molecule has 1 heterocycles. The minimum atomic E-state index is 0.588. The number of aryl methyl sites for hydroxylation is 1. The Morgan fingerprint density at radius 1 is 1.31 bits per heavy atom. The number of hydrogen-bond acceptors (Lipinski definition) is 1. The number of aromatic nitrogens is 2. The molecule has 1 aromatic heterocycles. The molecular formula is C11H14N2. The molecule has 0 amide bonds. The number of hydrogen-bond donors (Lipinski definition) is 0. The van der Waals surface area contributed by atoms with Crippen LogP contribution in [0.5, 0.6) is 0 Å². The highest BCUT2D eigenvalue weighted by atomic mass is 15.2. The topological polar surface area (TPSA) is 17.8 Å². The molecule has 0 fully saturated rings. The number of benzene rings is 1. The van der Waals surface area contributed by atoms with E-state index in [1.807, 2.05) is 17.9 Å². The van der Waals surface area contributed by atoms with Gasteiger partial charge in [0.1, 0.15) is 0 Å². The first-order chi connectivity index (χ1) is 6.18. The molecule has 68 valence electrons. The molecule has 0 aliphatic carbocycles. The van der Waals surface area contributed by atoms with Crippen LogP contribution in [-0.4, -0.2) is 9.78 Å². The predicted molar refractivity (Wildman–Crippen MR) is 54.8 cm³/mol. The van der Waals surface area contributed by atoms with Gasteiger partial charge in [0.2, 0.25) is 0 Å². The van der Waals surface area contributed by atoms with Gasteiger partial charge in [0, 0.05) is 12.4 Å². The van der Waals surface area contributed by atoms with Crippen molar-refractivity contribution >= 4 is 10.9 Å². The van der Waals surface area contributed by atoms with E-state index in [2.05, 4.69) is 37.1 Å². The summed E-state index contributed by atoms with van der Waals surface area (Å²) in [7, 11) is 1.97. The molecule has 0 aliphatic rings. The maximum Gasteiger partial charge on any atom is 0.0679 e. The van der Waals surface area contributed by atoms with Crippen molar-refractivity contribution in [2.75, 3.05) is 0 Å². The van der Waals surface area contributed by atoms with E-state index in [0.717, 1.165) is 0 Å². The largest absolute Gasteiger partial charge is 0.268 e. The van der Waals surface area contributed by atoms with Crippen molar-refractivity contribution < 1.29 is 0 Å². The molecule has 0 radical (unpaired) electrons. The van der Waals surface area contributed by atoms with Gasteiger partial charge >= 0.3 is 0 Å². The van der Waals surface area contributed by atoms with Crippen molar-refractivity contribution in [1.82, 2.24) is 9.78 Å². The number of fused-ring (bicyclic) bond motifs is 1. The van der Waals surface area contributed by atoms with Crippen LogP contribution in [0, 0.1) is 0 Å². The van der Waals surface area contributed by atoms with Crippen LogP contribution in [0.15, 0.2) is 24.4 Å². The van der Waals surface area contributed by atoms with Gasteiger partial charge in [-0.15, -0.1) is 0 Å². The molecule has 0 N–H and O–H groups in total. The zero-order chi connectivity index (χ0) is 9.42. The summed E-state index contributed by atoms with van der Waals surface area (Å²) in [5.74, 6) is 0.588. The summed E-state index contributed by atoms with van der Waals surface area (Å²) in [6, 6.07) is 6.53. The molecular weight excluding hydrogens is 160 g/mol.